The van der Waals surface area contributed by atoms with Gasteiger partial charge in [0.2, 0.25) is 0 Å². The van der Waals surface area contributed by atoms with Crippen LogP contribution in [0, 0.1) is 5.92 Å². The molecule has 3 atom stereocenters. The highest BCUT2D eigenvalue weighted by atomic mass is 16.1. The molecular weight excluding hydrogens is 162 g/mol. The molecule has 2 heteroatoms. The summed E-state index contributed by atoms with van der Waals surface area (Å²) in [5.74, 6) is 0.701. The third kappa shape index (κ3) is 1.33. The minimum Gasteiger partial charge on any atom is -0.299 e. The first-order valence-corrected chi connectivity index (χ1v) is 5.09. The number of piperidine rings is 1. The van der Waals surface area contributed by atoms with Crippen molar-refractivity contribution >= 4 is 5.78 Å². The lowest BCUT2D eigenvalue weighted by atomic mass is 9.87. The molecule has 0 aromatic heterocycles. The maximum Gasteiger partial charge on any atom is 0.139 e. The van der Waals surface area contributed by atoms with Crippen molar-refractivity contribution in [3.63, 3.8) is 0 Å². The molecule has 0 aliphatic carbocycles. The zero-order chi connectivity index (χ0) is 9.42. The number of carbonyl (C=O) groups excluding carboxylic acids is 1. The highest BCUT2D eigenvalue weighted by Crippen LogP contribution is 2.37. The van der Waals surface area contributed by atoms with E-state index in [0.717, 1.165) is 12.8 Å². The van der Waals surface area contributed by atoms with Gasteiger partial charge in [0.15, 0.2) is 0 Å². The average molecular weight is 179 g/mol. The Morgan fingerprint density at radius 2 is 2.38 bits per heavy atom. The van der Waals surface area contributed by atoms with Crippen LogP contribution in [0.3, 0.4) is 0 Å². The van der Waals surface area contributed by atoms with Crippen LogP contribution >= 0.6 is 0 Å². The van der Waals surface area contributed by atoms with E-state index in [1.165, 1.54) is 12.8 Å². The van der Waals surface area contributed by atoms with Crippen LogP contribution in [-0.4, -0.2) is 29.8 Å². The third-order valence-corrected chi connectivity index (χ3v) is 3.63. The maximum atomic E-state index is 11.7. The van der Waals surface area contributed by atoms with E-state index < -0.39 is 0 Å². The molecule has 0 amide bonds. The molecule has 0 unspecified atom stereocenters. The average Bonchev–Trinajstić information content (AvgIpc) is 2.34. The van der Waals surface area contributed by atoms with E-state index in [1.54, 1.807) is 0 Å². The summed E-state index contributed by atoms with van der Waals surface area (Å²) in [7, 11) is 2.16. The van der Waals surface area contributed by atoms with Crippen LogP contribution in [0.1, 0.15) is 25.7 Å². The van der Waals surface area contributed by atoms with Crippen LogP contribution in [0.5, 0.6) is 0 Å². The van der Waals surface area contributed by atoms with Gasteiger partial charge in [0.1, 0.15) is 5.78 Å². The zero-order valence-electron chi connectivity index (χ0n) is 8.20. The van der Waals surface area contributed by atoms with Crippen molar-refractivity contribution in [3.05, 3.63) is 12.7 Å². The first-order chi connectivity index (χ1) is 6.24. The van der Waals surface area contributed by atoms with E-state index in [9.17, 15) is 4.79 Å². The number of nitrogens with zero attached hydrogens (tertiary/aromatic N) is 1. The van der Waals surface area contributed by atoms with Gasteiger partial charge in [0.05, 0.1) is 0 Å². The number of hydrogen-bond acceptors (Lipinski definition) is 2. The molecule has 2 nitrogen and oxygen atoms in total. The fourth-order valence-electron chi connectivity index (χ4n) is 2.84. The minimum absolute atomic E-state index is 0.237. The summed E-state index contributed by atoms with van der Waals surface area (Å²) in [6.45, 7) is 3.73. The monoisotopic (exact) mass is 179 g/mol. The highest BCUT2D eigenvalue weighted by molar-refractivity contribution is 5.83. The number of Topliss-reactive ketones (excluding diaryl/α,β-unsaturated/α-hetero) is 1. The van der Waals surface area contributed by atoms with Crippen molar-refractivity contribution in [3.8, 4) is 0 Å². The number of rotatable bonds is 2. The Morgan fingerprint density at radius 1 is 1.62 bits per heavy atom. The topological polar surface area (TPSA) is 20.3 Å². The highest BCUT2D eigenvalue weighted by Gasteiger charge is 2.43. The largest absolute Gasteiger partial charge is 0.299 e. The van der Waals surface area contributed by atoms with Crippen molar-refractivity contribution in [1.29, 1.82) is 0 Å². The van der Waals surface area contributed by atoms with Gasteiger partial charge in [-0.3, -0.25) is 9.69 Å². The lowest BCUT2D eigenvalue weighted by molar-refractivity contribution is -0.128. The molecule has 2 fully saturated rings. The smallest absolute Gasteiger partial charge is 0.139 e. The van der Waals surface area contributed by atoms with Crippen molar-refractivity contribution in [2.24, 2.45) is 5.92 Å². The number of carbonyl (C=O) groups is 1. The van der Waals surface area contributed by atoms with E-state index >= 15 is 0 Å². The van der Waals surface area contributed by atoms with E-state index in [0.29, 0.717) is 17.9 Å². The van der Waals surface area contributed by atoms with E-state index in [2.05, 4.69) is 18.5 Å². The standard InChI is InChI=1S/C11H17NO/c1-3-4-9-10-6-5-8(12(10)2)7-11(9)13/h3,8-10H,1,4-7H2,2H3/t8-,9-,10-/m1/s1. The second-order valence-electron chi connectivity index (χ2n) is 4.27. The molecule has 2 saturated heterocycles. The number of fused-ring (bicyclic) bond motifs is 2. The van der Waals surface area contributed by atoms with Crippen LogP contribution in [0.4, 0.5) is 0 Å². The lowest BCUT2D eigenvalue weighted by Gasteiger charge is -2.36. The molecule has 0 aromatic rings. The van der Waals surface area contributed by atoms with Gasteiger partial charge in [-0.05, 0) is 26.3 Å². The predicted molar refractivity (Wildman–Crippen MR) is 52.5 cm³/mol. The molecule has 13 heavy (non-hydrogen) atoms. The molecule has 0 radical (unpaired) electrons. The SMILES string of the molecule is C=CC[C@H]1C(=O)C[C@H]2CC[C@H]1N2C. The van der Waals surface area contributed by atoms with Gasteiger partial charge in [-0.1, -0.05) is 6.08 Å². The molecule has 0 saturated carbocycles. The summed E-state index contributed by atoms with van der Waals surface area (Å²) in [6.07, 6.45) is 5.92. The molecule has 2 heterocycles. The van der Waals surface area contributed by atoms with Gasteiger partial charge in [-0.25, -0.2) is 0 Å². The van der Waals surface area contributed by atoms with E-state index in [1.807, 2.05) is 6.08 Å². The molecule has 72 valence electrons. The molecule has 0 aromatic carbocycles. The summed E-state index contributed by atoms with van der Waals surface area (Å²) < 4.78 is 0. The van der Waals surface area contributed by atoms with E-state index in [-0.39, 0.29) is 5.92 Å². The van der Waals surface area contributed by atoms with Gasteiger partial charge in [-0.15, -0.1) is 6.58 Å². The van der Waals surface area contributed by atoms with Crippen molar-refractivity contribution < 1.29 is 4.79 Å². The Bertz CT molecular complexity index is 236. The van der Waals surface area contributed by atoms with Crippen LogP contribution in [-0.2, 0) is 4.79 Å². The number of ketones is 1. The van der Waals surface area contributed by atoms with E-state index in [4.69, 9.17) is 0 Å². The molecular formula is C11H17NO. The Kier molecular flexibility index (Phi) is 2.24. The van der Waals surface area contributed by atoms with Crippen molar-refractivity contribution in [2.75, 3.05) is 7.05 Å². The van der Waals surface area contributed by atoms with Crippen molar-refractivity contribution in [2.45, 2.75) is 37.8 Å². The fourth-order valence-corrected chi connectivity index (χ4v) is 2.84. The Labute approximate surface area is 79.6 Å². The van der Waals surface area contributed by atoms with Crippen molar-refractivity contribution in [1.82, 2.24) is 4.90 Å². The Balaban J connectivity index is 2.16. The fraction of sp³-hybridized carbons (Fsp3) is 0.727. The zero-order valence-corrected chi connectivity index (χ0v) is 8.20. The molecule has 0 spiro atoms. The normalized spacial score (nSPS) is 39.5. The van der Waals surface area contributed by atoms with Crippen LogP contribution in [0.2, 0.25) is 0 Å². The number of allylic oxidation sites excluding steroid dienone is 1. The Hall–Kier alpha value is -0.630. The van der Waals surface area contributed by atoms with Crippen LogP contribution in [0.15, 0.2) is 12.7 Å². The third-order valence-electron chi connectivity index (χ3n) is 3.63. The van der Waals surface area contributed by atoms with Gasteiger partial charge in [0, 0.05) is 24.4 Å². The summed E-state index contributed by atoms with van der Waals surface area (Å²) in [4.78, 5) is 14.1. The molecule has 2 aliphatic heterocycles. The predicted octanol–water partition coefficient (Wildman–Crippen LogP) is 1.61. The summed E-state index contributed by atoms with van der Waals surface area (Å²) in [6, 6.07) is 1.04. The molecule has 2 bridgehead atoms. The van der Waals surface area contributed by atoms with Crippen LogP contribution < -0.4 is 0 Å². The first-order valence-electron chi connectivity index (χ1n) is 5.09. The lowest BCUT2D eigenvalue weighted by Crippen LogP contribution is -2.46. The summed E-state index contributed by atoms with van der Waals surface area (Å²) in [5, 5.41) is 0. The van der Waals surface area contributed by atoms with Gasteiger partial charge in [0.25, 0.3) is 0 Å². The summed E-state index contributed by atoms with van der Waals surface area (Å²) >= 11 is 0. The molecule has 0 N–H and O–H groups in total. The minimum atomic E-state index is 0.237. The second kappa shape index (κ2) is 3.26. The first kappa shape index (κ1) is 8.95. The quantitative estimate of drug-likeness (QED) is 0.600. The molecule has 2 aliphatic rings. The summed E-state index contributed by atoms with van der Waals surface area (Å²) in [5.41, 5.74) is 0. The maximum absolute atomic E-state index is 11.7. The van der Waals surface area contributed by atoms with Gasteiger partial charge < -0.3 is 0 Å². The second-order valence-corrected chi connectivity index (χ2v) is 4.27. The van der Waals surface area contributed by atoms with Gasteiger partial charge in [-0.2, -0.15) is 0 Å². The molecule has 2 rings (SSSR count). The Morgan fingerprint density at radius 3 is 3.08 bits per heavy atom. The number of hydrogen-bond donors (Lipinski definition) is 0. The van der Waals surface area contributed by atoms with Crippen LogP contribution in [0.25, 0.3) is 0 Å². The van der Waals surface area contributed by atoms with Gasteiger partial charge >= 0.3 is 0 Å².